The third-order valence-electron chi connectivity index (χ3n) is 2.77. The molecule has 3 N–H and O–H groups in total. The minimum absolute atomic E-state index is 0.0928. The van der Waals surface area contributed by atoms with Gasteiger partial charge < -0.3 is 15.7 Å². The molecule has 0 aromatic carbocycles. The predicted octanol–water partition coefficient (Wildman–Crippen LogP) is 3.45. The molecular weight excluding hydrogens is 356 g/mol. The SMILES string of the molecule is CC(C)(C)CC(CNC(=O)NCc1ccc(Br)s1)C(=O)O. The molecule has 1 unspecified atom stereocenters. The van der Waals surface area contributed by atoms with Crippen molar-refractivity contribution in [2.45, 2.75) is 33.7 Å². The first-order valence-electron chi connectivity index (χ1n) is 6.66. The van der Waals surface area contributed by atoms with Gasteiger partial charge in [0.1, 0.15) is 0 Å². The van der Waals surface area contributed by atoms with E-state index < -0.39 is 11.9 Å². The monoisotopic (exact) mass is 376 g/mol. The molecule has 0 bridgehead atoms. The van der Waals surface area contributed by atoms with Crippen LogP contribution in [0.2, 0.25) is 0 Å². The Morgan fingerprint density at radius 3 is 2.48 bits per heavy atom. The van der Waals surface area contributed by atoms with Crippen LogP contribution in [0.3, 0.4) is 0 Å². The molecule has 0 spiro atoms. The average molecular weight is 377 g/mol. The van der Waals surface area contributed by atoms with Crippen molar-refractivity contribution in [2.75, 3.05) is 6.54 Å². The second kappa shape index (κ2) is 7.79. The summed E-state index contributed by atoms with van der Waals surface area (Å²) in [4.78, 5) is 23.9. The van der Waals surface area contributed by atoms with E-state index in [4.69, 9.17) is 0 Å². The van der Waals surface area contributed by atoms with Gasteiger partial charge in [0, 0.05) is 11.4 Å². The molecule has 5 nitrogen and oxygen atoms in total. The standard InChI is InChI=1S/C14H21BrN2O3S/c1-14(2,3)6-9(12(18)19)7-16-13(20)17-8-10-4-5-11(15)21-10/h4-5,9H,6-8H2,1-3H3,(H,18,19)(H2,16,17,20). The van der Waals surface area contributed by atoms with Crippen LogP contribution >= 0.6 is 27.3 Å². The highest BCUT2D eigenvalue weighted by molar-refractivity contribution is 9.11. The fourth-order valence-corrected chi connectivity index (χ4v) is 3.30. The summed E-state index contributed by atoms with van der Waals surface area (Å²) in [6.45, 7) is 6.51. The van der Waals surface area contributed by atoms with Crippen molar-refractivity contribution in [3.8, 4) is 0 Å². The molecule has 1 aromatic rings. The summed E-state index contributed by atoms with van der Waals surface area (Å²) in [5.41, 5.74) is -0.0928. The van der Waals surface area contributed by atoms with Crippen molar-refractivity contribution in [3.63, 3.8) is 0 Å². The van der Waals surface area contributed by atoms with Gasteiger partial charge in [-0.25, -0.2) is 4.79 Å². The molecule has 1 heterocycles. The molecule has 0 radical (unpaired) electrons. The number of amides is 2. The Labute approximate surface area is 137 Å². The molecule has 0 aliphatic carbocycles. The summed E-state index contributed by atoms with van der Waals surface area (Å²) in [5, 5.41) is 14.5. The average Bonchev–Trinajstić information content (AvgIpc) is 2.76. The zero-order chi connectivity index (χ0) is 16.0. The molecule has 0 fully saturated rings. The number of carboxylic acids is 1. The molecule has 7 heteroatoms. The maximum Gasteiger partial charge on any atom is 0.315 e. The predicted molar refractivity (Wildman–Crippen MR) is 87.5 cm³/mol. The van der Waals surface area contributed by atoms with Gasteiger partial charge in [0.15, 0.2) is 0 Å². The minimum atomic E-state index is -0.882. The number of aliphatic carboxylic acids is 1. The normalized spacial score (nSPS) is 12.8. The van der Waals surface area contributed by atoms with Gasteiger partial charge >= 0.3 is 12.0 Å². The molecule has 0 aliphatic heterocycles. The highest BCUT2D eigenvalue weighted by Crippen LogP contribution is 2.24. The molecule has 0 saturated heterocycles. The maximum absolute atomic E-state index is 11.7. The number of urea groups is 1. The molecule has 118 valence electrons. The second-order valence-electron chi connectivity index (χ2n) is 6.07. The lowest BCUT2D eigenvalue weighted by atomic mass is 9.84. The van der Waals surface area contributed by atoms with Crippen LogP contribution in [0.15, 0.2) is 15.9 Å². The van der Waals surface area contributed by atoms with Crippen LogP contribution in [-0.2, 0) is 11.3 Å². The number of halogens is 1. The number of carbonyl (C=O) groups is 2. The topological polar surface area (TPSA) is 78.4 Å². The minimum Gasteiger partial charge on any atom is -0.481 e. The summed E-state index contributed by atoms with van der Waals surface area (Å²) < 4.78 is 1.01. The molecular formula is C14H21BrN2O3S. The van der Waals surface area contributed by atoms with Crippen LogP contribution in [0.4, 0.5) is 4.79 Å². The largest absolute Gasteiger partial charge is 0.481 e. The molecule has 1 atom stereocenters. The Morgan fingerprint density at radius 1 is 1.33 bits per heavy atom. The van der Waals surface area contributed by atoms with Crippen LogP contribution in [0.5, 0.6) is 0 Å². The highest BCUT2D eigenvalue weighted by atomic mass is 79.9. The van der Waals surface area contributed by atoms with E-state index >= 15 is 0 Å². The van der Waals surface area contributed by atoms with Crippen LogP contribution in [0, 0.1) is 11.3 Å². The number of rotatable bonds is 6. The fraction of sp³-hybridized carbons (Fsp3) is 0.571. The Kier molecular flexibility index (Phi) is 6.67. The van der Waals surface area contributed by atoms with Crippen LogP contribution in [0.1, 0.15) is 32.1 Å². The van der Waals surface area contributed by atoms with E-state index in [0.29, 0.717) is 13.0 Å². The summed E-state index contributed by atoms with van der Waals surface area (Å²) in [6.07, 6.45) is 0.514. The molecule has 1 rings (SSSR count). The second-order valence-corrected chi connectivity index (χ2v) is 8.62. The molecule has 0 aliphatic rings. The van der Waals surface area contributed by atoms with Crippen LogP contribution in [-0.4, -0.2) is 23.7 Å². The molecule has 21 heavy (non-hydrogen) atoms. The summed E-state index contributed by atoms with van der Waals surface area (Å²) in [7, 11) is 0. The highest BCUT2D eigenvalue weighted by Gasteiger charge is 2.24. The number of nitrogens with one attached hydrogen (secondary N) is 2. The number of thiophene rings is 1. The van der Waals surface area contributed by atoms with Gasteiger partial charge in [-0.3, -0.25) is 4.79 Å². The number of carboxylic acid groups (broad SMARTS) is 1. The molecule has 0 saturated carbocycles. The maximum atomic E-state index is 11.7. The zero-order valence-corrected chi connectivity index (χ0v) is 14.8. The first kappa shape index (κ1) is 18.0. The van der Waals surface area contributed by atoms with Gasteiger partial charge in [-0.15, -0.1) is 11.3 Å². The first-order valence-corrected chi connectivity index (χ1v) is 8.27. The van der Waals surface area contributed by atoms with Gasteiger partial charge in [0.25, 0.3) is 0 Å². The van der Waals surface area contributed by atoms with Crippen molar-refractivity contribution in [1.82, 2.24) is 10.6 Å². The Bertz CT molecular complexity index is 497. The smallest absolute Gasteiger partial charge is 0.315 e. The van der Waals surface area contributed by atoms with E-state index in [-0.39, 0.29) is 18.0 Å². The van der Waals surface area contributed by atoms with Gasteiger partial charge in [-0.1, -0.05) is 20.8 Å². The van der Waals surface area contributed by atoms with Crippen molar-refractivity contribution in [3.05, 3.63) is 20.8 Å². The van der Waals surface area contributed by atoms with Gasteiger partial charge in [-0.2, -0.15) is 0 Å². The lowest BCUT2D eigenvalue weighted by Crippen LogP contribution is -2.40. The third-order valence-corrected chi connectivity index (χ3v) is 4.39. The van der Waals surface area contributed by atoms with Crippen LogP contribution < -0.4 is 10.6 Å². The van der Waals surface area contributed by atoms with E-state index in [1.165, 1.54) is 0 Å². The summed E-state index contributed by atoms with van der Waals surface area (Å²) in [5.74, 6) is -1.46. The third kappa shape index (κ3) is 7.47. The van der Waals surface area contributed by atoms with Gasteiger partial charge in [0.05, 0.1) is 16.2 Å². The Hall–Kier alpha value is -1.08. The van der Waals surface area contributed by atoms with E-state index in [2.05, 4.69) is 26.6 Å². The lowest BCUT2D eigenvalue weighted by molar-refractivity contribution is -0.142. The quantitative estimate of drug-likeness (QED) is 0.711. The number of carbonyl (C=O) groups excluding carboxylic acids is 1. The van der Waals surface area contributed by atoms with Crippen molar-refractivity contribution in [1.29, 1.82) is 0 Å². The van der Waals surface area contributed by atoms with E-state index in [1.807, 2.05) is 32.9 Å². The summed E-state index contributed by atoms with van der Waals surface area (Å²) in [6, 6.07) is 3.50. The number of hydrogen-bond acceptors (Lipinski definition) is 3. The van der Waals surface area contributed by atoms with Crippen LogP contribution in [0.25, 0.3) is 0 Å². The van der Waals surface area contributed by atoms with Crippen molar-refractivity contribution >= 4 is 39.3 Å². The van der Waals surface area contributed by atoms with E-state index in [1.54, 1.807) is 11.3 Å². The van der Waals surface area contributed by atoms with E-state index in [9.17, 15) is 14.7 Å². The fourth-order valence-electron chi connectivity index (χ4n) is 1.88. The lowest BCUT2D eigenvalue weighted by Gasteiger charge is -2.23. The van der Waals surface area contributed by atoms with Gasteiger partial charge in [0.2, 0.25) is 0 Å². The number of hydrogen-bond donors (Lipinski definition) is 3. The van der Waals surface area contributed by atoms with Gasteiger partial charge in [-0.05, 0) is 39.9 Å². The Balaban J connectivity index is 2.37. The summed E-state index contributed by atoms with van der Waals surface area (Å²) >= 11 is 4.90. The molecule has 2 amide bonds. The Morgan fingerprint density at radius 2 is 2.00 bits per heavy atom. The van der Waals surface area contributed by atoms with Crippen molar-refractivity contribution in [2.24, 2.45) is 11.3 Å². The van der Waals surface area contributed by atoms with E-state index in [0.717, 1.165) is 8.66 Å². The first-order chi connectivity index (χ1) is 9.67. The molecule has 1 aromatic heterocycles. The zero-order valence-electron chi connectivity index (χ0n) is 12.4. The van der Waals surface area contributed by atoms with Crippen molar-refractivity contribution < 1.29 is 14.7 Å².